The molecule has 3 rings (SSSR count). The highest BCUT2D eigenvalue weighted by atomic mass is 32.2. The number of hydrogen-bond donors (Lipinski definition) is 0. The largest absolute Gasteiger partial charge is 0.299 e. The van der Waals surface area contributed by atoms with Crippen molar-refractivity contribution in [2.45, 2.75) is 29.7 Å². The zero-order valence-electron chi connectivity index (χ0n) is 15.0. The number of thioether (sulfide) groups is 1. The quantitative estimate of drug-likeness (QED) is 0.565. The maximum absolute atomic E-state index is 12.8. The normalized spacial score (nSPS) is 11.5. The first-order chi connectivity index (χ1) is 12.9. The van der Waals surface area contributed by atoms with Crippen molar-refractivity contribution >= 4 is 27.4 Å². The molecule has 8 heteroatoms. The fraction of sp³-hybridized carbons (Fsp3) is 0.211. The first-order valence-corrected chi connectivity index (χ1v) is 10.9. The van der Waals surface area contributed by atoms with E-state index in [1.807, 2.05) is 37.3 Å². The number of ketones is 1. The number of aryl methyl sites for hydroxylation is 1. The van der Waals surface area contributed by atoms with Crippen LogP contribution in [0.25, 0.3) is 5.69 Å². The summed E-state index contributed by atoms with van der Waals surface area (Å²) >= 11 is 1.24. The van der Waals surface area contributed by atoms with Crippen molar-refractivity contribution in [3.63, 3.8) is 0 Å². The SMILES string of the molecule is CC(=O)CSc1nnc(CS(=O)(=O)c2ccc(C)cc2)n1-c1ccccc1. The predicted octanol–water partition coefficient (Wildman–Crippen LogP) is 3.23. The van der Waals surface area contributed by atoms with E-state index in [4.69, 9.17) is 0 Å². The van der Waals surface area contributed by atoms with E-state index in [2.05, 4.69) is 10.2 Å². The lowest BCUT2D eigenvalue weighted by Crippen LogP contribution is -2.11. The molecule has 1 aromatic heterocycles. The molecule has 2 aromatic carbocycles. The summed E-state index contributed by atoms with van der Waals surface area (Å²) in [4.78, 5) is 11.6. The van der Waals surface area contributed by atoms with Crippen LogP contribution in [0.15, 0.2) is 64.6 Å². The number of carbonyl (C=O) groups is 1. The van der Waals surface area contributed by atoms with Crippen LogP contribution in [0.4, 0.5) is 0 Å². The summed E-state index contributed by atoms with van der Waals surface area (Å²) in [5.41, 5.74) is 1.74. The van der Waals surface area contributed by atoms with E-state index in [1.165, 1.54) is 18.7 Å². The molecule has 0 spiro atoms. The van der Waals surface area contributed by atoms with E-state index in [0.717, 1.165) is 11.3 Å². The lowest BCUT2D eigenvalue weighted by molar-refractivity contribution is -0.114. The van der Waals surface area contributed by atoms with E-state index in [9.17, 15) is 13.2 Å². The minimum Gasteiger partial charge on any atom is -0.299 e. The standard InChI is InChI=1S/C19H19N3O3S2/c1-14-8-10-17(11-9-14)27(24,25)13-18-20-21-19(26-12-15(2)23)22(18)16-6-4-3-5-7-16/h3-11H,12-13H2,1-2H3. The Kier molecular flexibility index (Phi) is 5.76. The summed E-state index contributed by atoms with van der Waals surface area (Å²) in [6, 6.07) is 16.0. The molecule has 1 heterocycles. The molecule has 0 saturated heterocycles. The van der Waals surface area contributed by atoms with Gasteiger partial charge in [-0.1, -0.05) is 47.7 Å². The van der Waals surface area contributed by atoms with Crippen LogP contribution < -0.4 is 0 Å². The maximum Gasteiger partial charge on any atom is 0.196 e. The van der Waals surface area contributed by atoms with E-state index in [1.54, 1.807) is 28.8 Å². The number of aromatic nitrogens is 3. The Bertz CT molecular complexity index is 1040. The highest BCUT2D eigenvalue weighted by Crippen LogP contribution is 2.24. The molecular weight excluding hydrogens is 382 g/mol. The van der Waals surface area contributed by atoms with Gasteiger partial charge in [-0.25, -0.2) is 8.42 Å². The van der Waals surface area contributed by atoms with Crippen molar-refractivity contribution in [1.29, 1.82) is 0 Å². The smallest absolute Gasteiger partial charge is 0.196 e. The molecule has 0 aliphatic carbocycles. The van der Waals surface area contributed by atoms with Crippen LogP contribution in [0.3, 0.4) is 0 Å². The molecule has 0 atom stereocenters. The van der Waals surface area contributed by atoms with Gasteiger partial charge in [0.2, 0.25) is 0 Å². The van der Waals surface area contributed by atoms with Gasteiger partial charge >= 0.3 is 0 Å². The number of nitrogens with zero attached hydrogens (tertiary/aromatic N) is 3. The van der Waals surface area contributed by atoms with E-state index in [-0.39, 0.29) is 22.2 Å². The van der Waals surface area contributed by atoms with E-state index >= 15 is 0 Å². The number of hydrogen-bond acceptors (Lipinski definition) is 6. The van der Waals surface area contributed by atoms with Crippen molar-refractivity contribution in [2.24, 2.45) is 0 Å². The zero-order valence-corrected chi connectivity index (χ0v) is 16.6. The van der Waals surface area contributed by atoms with Crippen molar-refractivity contribution in [3.8, 4) is 5.69 Å². The van der Waals surface area contributed by atoms with Crippen molar-refractivity contribution in [2.75, 3.05) is 5.75 Å². The number of carbonyl (C=O) groups excluding carboxylic acids is 1. The molecule has 0 amide bonds. The molecule has 140 valence electrons. The van der Waals surface area contributed by atoms with Gasteiger partial charge < -0.3 is 0 Å². The highest BCUT2D eigenvalue weighted by molar-refractivity contribution is 7.99. The Morgan fingerprint density at radius 1 is 1.04 bits per heavy atom. The second kappa shape index (κ2) is 8.06. The third kappa shape index (κ3) is 4.64. The lowest BCUT2D eigenvalue weighted by Gasteiger charge is -2.10. The van der Waals surface area contributed by atoms with E-state index in [0.29, 0.717) is 11.0 Å². The van der Waals surface area contributed by atoms with Crippen LogP contribution in [0.5, 0.6) is 0 Å². The summed E-state index contributed by atoms with van der Waals surface area (Å²) < 4.78 is 27.4. The van der Waals surface area contributed by atoms with Gasteiger partial charge in [-0.05, 0) is 38.1 Å². The van der Waals surface area contributed by atoms with Gasteiger partial charge in [-0.15, -0.1) is 10.2 Å². The molecular formula is C19H19N3O3S2. The Labute approximate surface area is 162 Å². The Balaban J connectivity index is 2.00. The summed E-state index contributed by atoms with van der Waals surface area (Å²) in [5.74, 6) is 0.290. The summed E-state index contributed by atoms with van der Waals surface area (Å²) in [5, 5.41) is 8.71. The minimum atomic E-state index is -3.58. The van der Waals surface area contributed by atoms with Crippen LogP contribution >= 0.6 is 11.8 Å². The lowest BCUT2D eigenvalue weighted by atomic mass is 10.2. The second-order valence-corrected chi connectivity index (χ2v) is 9.06. The van der Waals surface area contributed by atoms with E-state index < -0.39 is 9.84 Å². The number of benzene rings is 2. The van der Waals surface area contributed by atoms with Crippen molar-refractivity contribution < 1.29 is 13.2 Å². The first-order valence-electron chi connectivity index (χ1n) is 8.28. The second-order valence-electron chi connectivity index (χ2n) is 6.13. The molecule has 0 fully saturated rings. The minimum absolute atomic E-state index is 0.0106. The van der Waals surface area contributed by atoms with Crippen LogP contribution in [0, 0.1) is 6.92 Å². The van der Waals surface area contributed by atoms with Crippen molar-refractivity contribution in [1.82, 2.24) is 14.8 Å². The van der Waals surface area contributed by atoms with Gasteiger partial charge in [0.15, 0.2) is 20.8 Å². The van der Waals surface area contributed by atoms with Gasteiger partial charge in [0.1, 0.15) is 11.5 Å². The van der Waals surface area contributed by atoms with Crippen LogP contribution in [-0.4, -0.2) is 34.7 Å². The molecule has 0 unspecified atom stereocenters. The molecule has 0 aliphatic rings. The monoisotopic (exact) mass is 401 g/mol. The third-order valence-electron chi connectivity index (χ3n) is 3.82. The molecule has 3 aromatic rings. The van der Waals surface area contributed by atoms with Gasteiger partial charge in [0.25, 0.3) is 0 Å². The van der Waals surface area contributed by atoms with Crippen LogP contribution in [0.2, 0.25) is 0 Å². The molecule has 0 bridgehead atoms. The topological polar surface area (TPSA) is 81.9 Å². The average Bonchev–Trinajstić information content (AvgIpc) is 3.03. The molecule has 27 heavy (non-hydrogen) atoms. The van der Waals surface area contributed by atoms with Gasteiger partial charge in [0, 0.05) is 5.69 Å². The van der Waals surface area contributed by atoms with Gasteiger partial charge in [-0.2, -0.15) is 0 Å². The Morgan fingerprint density at radius 3 is 2.33 bits per heavy atom. The molecule has 0 N–H and O–H groups in total. The third-order valence-corrected chi connectivity index (χ3v) is 6.52. The highest BCUT2D eigenvalue weighted by Gasteiger charge is 2.22. The number of rotatable bonds is 7. The fourth-order valence-corrected chi connectivity index (χ4v) is 4.50. The summed E-state index contributed by atoms with van der Waals surface area (Å²) in [7, 11) is -3.58. The molecule has 0 saturated carbocycles. The Hall–Kier alpha value is -2.45. The Morgan fingerprint density at radius 2 is 1.70 bits per heavy atom. The molecule has 0 radical (unpaired) electrons. The van der Waals surface area contributed by atoms with Gasteiger partial charge in [0.05, 0.1) is 10.6 Å². The molecule has 0 aliphatic heterocycles. The summed E-state index contributed by atoms with van der Waals surface area (Å²) in [6.45, 7) is 3.40. The predicted molar refractivity (Wildman–Crippen MR) is 105 cm³/mol. The average molecular weight is 402 g/mol. The van der Waals surface area contributed by atoms with Crippen molar-refractivity contribution in [3.05, 3.63) is 66.0 Å². The van der Waals surface area contributed by atoms with Crippen LogP contribution in [-0.2, 0) is 20.4 Å². The first kappa shape index (κ1) is 19.3. The number of para-hydroxylation sites is 1. The van der Waals surface area contributed by atoms with Gasteiger partial charge in [-0.3, -0.25) is 9.36 Å². The molecule has 6 nitrogen and oxygen atoms in total. The number of sulfone groups is 1. The maximum atomic E-state index is 12.8. The fourth-order valence-electron chi connectivity index (χ4n) is 2.49. The number of Topliss-reactive ketones (excluding diaryl/α,β-unsaturated/α-hetero) is 1. The van der Waals surface area contributed by atoms with Crippen LogP contribution in [0.1, 0.15) is 18.3 Å². The zero-order chi connectivity index (χ0) is 19.4. The summed E-state index contributed by atoms with van der Waals surface area (Å²) in [6.07, 6.45) is 0.